The molecular weight excluding hydrogens is 635 g/mol. The average Bonchev–Trinajstić information content (AvgIpc) is 3.61. The number of thiophene rings is 2. The second kappa shape index (κ2) is 14.4. The Bertz CT molecular complexity index is 1700. The van der Waals surface area contributed by atoms with Crippen LogP contribution in [0.25, 0.3) is 20.2 Å². The summed E-state index contributed by atoms with van der Waals surface area (Å²) in [5, 5.41) is 19.5. The number of aliphatic carboxylic acids is 2. The molecule has 0 spiro atoms. The molecule has 0 bridgehead atoms. The first-order valence-electron chi connectivity index (χ1n) is 13.8. The van der Waals surface area contributed by atoms with Crippen LogP contribution < -0.4 is 18.9 Å². The molecule has 0 saturated heterocycles. The second-order valence-corrected chi connectivity index (χ2v) is 12.9. The maximum absolute atomic E-state index is 15.5. The standard InChI is InChI=1S/C31H32ClFO9S2/c1-15(30(35)36)6-7-17-11-19-24(43-17)14-22(40-4)29(27(19)33)42-9-5-8-41-28-21(39-3)13-23-18(26(28)32)12-25(44-23)20(34)10-16(2)31(37)38/h11-16H,5-10H2,1-4H3,(H,35,36)(H,37,38). The van der Waals surface area contributed by atoms with Crippen molar-refractivity contribution in [3.63, 3.8) is 0 Å². The van der Waals surface area contributed by atoms with Crippen molar-refractivity contribution in [3.05, 3.63) is 44.9 Å². The average molecular weight is 667 g/mol. The van der Waals surface area contributed by atoms with Gasteiger partial charge in [0.25, 0.3) is 0 Å². The molecule has 9 nitrogen and oxygen atoms in total. The molecule has 2 aromatic carbocycles. The van der Waals surface area contributed by atoms with Crippen LogP contribution in [0, 0.1) is 17.7 Å². The third kappa shape index (κ3) is 7.36. The molecule has 2 heterocycles. The summed E-state index contributed by atoms with van der Waals surface area (Å²) in [7, 11) is 2.90. The largest absolute Gasteiger partial charge is 0.493 e. The summed E-state index contributed by atoms with van der Waals surface area (Å²) < 4.78 is 39.4. The number of ketones is 1. The minimum Gasteiger partial charge on any atom is -0.493 e. The van der Waals surface area contributed by atoms with Gasteiger partial charge in [-0.15, -0.1) is 22.7 Å². The molecule has 0 radical (unpaired) electrons. The molecule has 2 atom stereocenters. The zero-order chi connectivity index (χ0) is 32.1. The van der Waals surface area contributed by atoms with Gasteiger partial charge in [0.15, 0.2) is 34.6 Å². The van der Waals surface area contributed by atoms with E-state index < -0.39 is 29.6 Å². The van der Waals surface area contributed by atoms with E-state index in [0.29, 0.717) is 50.1 Å². The van der Waals surface area contributed by atoms with Crippen molar-refractivity contribution < 1.29 is 47.9 Å². The van der Waals surface area contributed by atoms with Crippen molar-refractivity contribution >= 4 is 72.2 Å². The van der Waals surface area contributed by atoms with E-state index in [1.807, 2.05) is 0 Å². The van der Waals surface area contributed by atoms with Crippen molar-refractivity contribution in [2.75, 3.05) is 27.4 Å². The van der Waals surface area contributed by atoms with Gasteiger partial charge >= 0.3 is 11.9 Å². The number of aryl methyl sites for hydroxylation is 1. The van der Waals surface area contributed by atoms with Crippen LogP contribution in [0.1, 0.15) is 47.7 Å². The maximum atomic E-state index is 15.5. The fraction of sp³-hybridized carbons (Fsp3) is 0.387. The van der Waals surface area contributed by atoms with Crippen LogP contribution in [-0.4, -0.2) is 55.4 Å². The van der Waals surface area contributed by atoms with Gasteiger partial charge in [-0.05, 0) is 25.0 Å². The Hall–Kier alpha value is -3.61. The number of carbonyl (C=O) groups excluding carboxylic acids is 1. The number of hydrogen-bond donors (Lipinski definition) is 2. The maximum Gasteiger partial charge on any atom is 0.306 e. The minimum atomic E-state index is -1.04. The molecule has 0 aliphatic heterocycles. The Morgan fingerprint density at radius 1 is 0.864 bits per heavy atom. The van der Waals surface area contributed by atoms with Crippen molar-refractivity contribution in [1.82, 2.24) is 0 Å². The quantitative estimate of drug-likeness (QED) is 0.0912. The van der Waals surface area contributed by atoms with E-state index in [9.17, 15) is 14.4 Å². The number of ether oxygens (including phenoxy) is 4. The highest BCUT2D eigenvalue weighted by Gasteiger charge is 2.23. The number of hydrogen-bond acceptors (Lipinski definition) is 9. The Kier molecular flexibility index (Phi) is 10.9. The molecule has 236 valence electrons. The molecule has 44 heavy (non-hydrogen) atoms. The second-order valence-electron chi connectivity index (χ2n) is 10.3. The van der Waals surface area contributed by atoms with Gasteiger partial charge in [0.2, 0.25) is 0 Å². The highest BCUT2D eigenvalue weighted by atomic mass is 35.5. The zero-order valence-corrected chi connectivity index (χ0v) is 26.9. The molecule has 0 fully saturated rings. The molecular formula is C31H32ClFO9S2. The Morgan fingerprint density at radius 3 is 2.07 bits per heavy atom. The monoisotopic (exact) mass is 666 g/mol. The van der Waals surface area contributed by atoms with E-state index in [1.165, 1.54) is 43.8 Å². The lowest BCUT2D eigenvalue weighted by molar-refractivity contribution is -0.142. The third-order valence-electron chi connectivity index (χ3n) is 7.07. The van der Waals surface area contributed by atoms with Crippen LogP contribution in [0.5, 0.6) is 23.0 Å². The van der Waals surface area contributed by atoms with Crippen LogP contribution in [0.2, 0.25) is 5.02 Å². The summed E-state index contributed by atoms with van der Waals surface area (Å²) in [5.41, 5.74) is 0. The molecule has 4 aromatic rings. The van der Waals surface area contributed by atoms with Gasteiger partial charge < -0.3 is 29.2 Å². The Balaban J connectivity index is 1.42. The third-order valence-corrected chi connectivity index (χ3v) is 9.71. The highest BCUT2D eigenvalue weighted by Crippen LogP contribution is 2.45. The molecule has 2 aromatic heterocycles. The fourth-order valence-electron chi connectivity index (χ4n) is 4.44. The number of carboxylic acids is 2. The predicted octanol–water partition coefficient (Wildman–Crippen LogP) is 7.72. The number of halogens is 2. The fourth-order valence-corrected chi connectivity index (χ4v) is 6.95. The molecule has 2 unspecified atom stereocenters. The minimum absolute atomic E-state index is 0.0204. The van der Waals surface area contributed by atoms with E-state index in [4.69, 9.17) is 40.8 Å². The van der Waals surface area contributed by atoms with E-state index in [2.05, 4.69) is 0 Å². The Labute approximate surface area is 266 Å². The lowest BCUT2D eigenvalue weighted by atomic mass is 10.0. The van der Waals surface area contributed by atoms with Gasteiger partial charge in [-0.25, -0.2) is 4.39 Å². The van der Waals surface area contributed by atoms with Gasteiger partial charge in [-0.1, -0.05) is 25.4 Å². The summed E-state index contributed by atoms with van der Waals surface area (Å²) in [6.07, 6.45) is 1.20. The first-order chi connectivity index (χ1) is 20.9. The van der Waals surface area contributed by atoms with Crippen molar-refractivity contribution in [3.8, 4) is 23.0 Å². The SMILES string of the molecule is COc1cc2sc(CCC(C)C(=O)O)cc2c(F)c1OCCCOc1c(OC)cc2sc(C(=O)CC(C)C(=O)O)cc2c1Cl. The number of rotatable bonds is 16. The lowest BCUT2D eigenvalue weighted by Crippen LogP contribution is -2.13. The Morgan fingerprint density at radius 2 is 1.45 bits per heavy atom. The van der Waals surface area contributed by atoms with Crippen molar-refractivity contribution in [1.29, 1.82) is 0 Å². The number of fused-ring (bicyclic) bond motifs is 2. The van der Waals surface area contributed by atoms with Crippen LogP contribution >= 0.6 is 34.3 Å². The van der Waals surface area contributed by atoms with Crippen LogP contribution in [-0.2, 0) is 16.0 Å². The first-order valence-corrected chi connectivity index (χ1v) is 15.8. The number of carbonyl (C=O) groups is 3. The molecule has 4 rings (SSSR count). The van der Waals surface area contributed by atoms with Crippen LogP contribution in [0.4, 0.5) is 4.39 Å². The normalized spacial score (nSPS) is 12.7. The summed E-state index contributed by atoms with van der Waals surface area (Å²) >= 11 is 9.24. The van der Waals surface area contributed by atoms with Crippen LogP contribution in [0.15, 0.2) is 24.3 Å². The van der Waals surface area contributed by atoms with Gasteiger partial charge in [0.1, 0.15) is 0 Å². The summed E-state index contributed by atoms with van der Waals surface area (Å²) in [4.78, 5) is 36.2. The van der Waals surface area contributed by atoms with Gasteiger partial charge in [-0.2, -0.15) is 0 Å². The van der Waals surface area contributed by atoms with Crippen molar-refractivity contribution in [2.24, 2.45) is 11.8 Å². The van der Waals surface area contributed by atoms with E-state index in [0.717, 1.165) is 4.88 Å². The number of methoxy groups -OCH3 is 2. The topological polar surface area (TPSA) is 129 Å². The zero-order valence-electron chi connectivity index (χ0n) is 24.5. The smallest absolute Gasteiger partial charge is 0.306 e. The summed E-state index contributed by atoms with van der Waals surface area (Å²) in [6.45, 7) is 3.38. The predicted molar refractivity (Wildman–Crippen MR) is 168 cm³/mol. The van der Waals surface area contributed by atoms with Gasteiger partial charge in [0, 0.05) is 50.0 Å². The molecule has 0 amide bonds. The van der Waals surface area contributed by atoms with Crippen molar-refractivity contribution in [2.45, 2.75) is 39.5 Å². The first kappa shape index (κ1) is 33.3. The molecule has 2 N–H and O–H groups in total. The summed E-state index contributed by atoms with van der Waals surface area (Å²) in [5.74, 6) is -3.17. The molecule has 0 saturated carbocycles. The van der Waals surface area contributed by atoms with Crippen LogP contribution in [0.3, 0.4) is 0 Å². The lowest BCUT2D eigenvalue weighted by Gasteiger charge is -2.14. The number of Topliss-reactive ketones (excluding diaryl/α,β-unsaturated/α-hetero) is 1. The summed E-state index contributed by atoms with van der Waals surface area (Å²) in [6, 6.07) is 6.77. The number of benzene rings is 2. The van der Waals surface area contributed by atoms with Gasteiger partial charge in [0.05, 0.1) is 49.2 Å². The van der Waals surface area contributed by atoms with E-state index in [1.54, 1.807) is 31.2 Å². The van der Waals surface area contributed by atoms with Gasteiger partial charge in [-0.3, -0.25) is 14.4 Å². The molecule has 13 heteroatoms. The molecule has 0 aliphatic carbocycles. The highest BCUT2D eigenvalue weighted by molar-refractivity contribution is 7.21. The molecule has 0 aliphatic rings. The number of carboxylic acid groups (broad SMARTS) is 2. The van der Waals surface area contributed by atoms with E-state index in [-0.39, 0.29) is 47.7 Å². The van der Waals surface area contributed by atoms with E-state index >= 15 is 4.39 Å².